The molecule has 8 nitrogen and oxygen atoms in total. The molecule has 1 saturated carbocycles. The largest absolute Gasteiger partial charge is 0.461 e. The summed E-state index contributed by atoms with van der Waals surface area (Å²) in [4.78, 5) is 26.3. The Labute approximate surface area is 167 Å². The minimum atomic E-state index is -1.73. The van der Waals surface area contributed by atoms with Gasteiger partial charge in [-0.3, -0.25) is 19.8 Å². The van der Waals surface area contributed by atoms with Crippen molar-refractivity contribution in [2.24, 2.45) is 11.8 Å². The first-order chi connectivity index (χ1) is 14.0. The van der Waals surface area contributed by atoms with Crippen LogP contribution in [0.5, 0.6) is 0 Å². The Balaban J connectivity index is 2.06. The normalized spacial score (nSPS) is 27.3. The van der Waals surface area contributed by atoms with Gasteiger partial charge in [-0.25, -0.2) is 0 Å². The molecule has 1 aromatic rings. The van der Waals surface area contributed by atoms with Crippen molar-refractivity contribution in [2.75, 3.05) is 11.4 Å². The number of nitrogens with zero attached hydrogens (tertiary/aromatic N) is 4. The molecule has 2 heterocycles. The van der Waals surface area contributed by atoms with E-state index in [1.54, 1.807) is 6.07 Å². The van der Waals surface area contributed by atoms with Crippen LogP contribution in [0, 0.1) is 57.0 Å². The SMILES string of the molecule is C#CCN1C(=O)C2(OC(C#N)=C(C#N)C3CCCCC32)c2c1cccc2[N+](=O)[O-]. The van der Waals surface area contributed by atoms with Crippen molar-refractivity contribution < 1.29 is 14.5 Å². The van der Waals surface area contributed by atoms with Gasteiger partial charge in [-0.15, -0.1) is 6.42 Å². The number of terminal acetylenes is 1. The average Bonchev–Trinajstić information content (AvgIpc) is 2.97. The molecule has 8 heteroatoms. The Kier molecular flexibility index (Phi) is 4.25. The summed E-state index contributed by atoms with van der Waals surface area (Å²) >= 11 is 0. The van der Waals surface area contributed by atoms with Crippen LogP contribution in [-0.4, -0.2) is 17.4 Å². The third kappa shape index (κ3) is 2.35. The number of nitro groups is 1. The Morgan fingerprint density at radius 2 is 2.07 bits per heavy atom. The molecule has 1 aliphatic carbocycles. The predicted molar refractivity (Wildman–Crippen MR) is 101 cm³/mol. The molecule has 4 rings (SSSR count). The van der Waals surface area contributed by atoms with Crippen LogP contribution in [0.1, 0.15) is 31.2 Å². The Morgan fingerprint density at radius 1 is 1.31 bits per heavy atom. The fourth-order valence-corrected chi connectivity index (χ4v) is 5.03. The summed E-state index contributed by atoms with van der Waals surface area (Å²) in [6.45, 7) is -0.0772. The van der Waals surface area contributed by atoms with Gasteiger partial charge in [0.1, 0.15) is 11.6 Å². The molecule has 0 radical (unpaired) electrons. The van der Waals surface area contributed by atoms with Crippen molar-refractivity contribution in [1.29, 1.82) is 10.5 Å². The summed E-state index contributed by atoms with van der Waals surface area (Å²) in [5.41, 5.74) is -1.31. The molecule has 1 amide bonds. The van der Waals surface area contributed by atoms with Crippen LogP contribution < -0.4 is 4.90 Å². The van der Waals surface area contributed by atoms with Gasteiger partial charge < -0.3 is 4.74 Å². The van der Waals surface area contributed by atoms with Crippen LogP contribution in [0.25, 0.3) is 0 Å². The molecule has 1 spiro atoms. The summed E-state index contributed by atoms with van der Waals surface area (Å²) in [7, 11) is 0. The van der Waals surface area contributed by atoms with Gasteiger partial charge in [-0.2, -0.15) is 10.5 Å². The molecule has 0 aromatic heterocycles. The second kappa shape index (κ2) is 6.65. The summed E-state index contributed by atoms with van der Waals surface area (Å²) < 4.78 is 5.99. The van der Waals surface area contributed by atoms with Gasteiger partial charge >= 0.3 is 0 Å². The number of rotatable bonds is 2. The van der Waals surface area contributed by atoms with E-state index in [1.807, 2.05) is 6.07 Å². The van der Waals surface area contributed by atoms with Crippen LogP contribution in [0.4, 0.5) is 11.4 Å². The van der Waals surface area contributed by atoms with E-state index in [1.165, 1.54) is 17.0 Å². The van der Waals surface area contributed by atoms with E-state index in [9.17, 15) is 25.4 Å². The molecule has 0 N–H and O–H groups in total. The molecular weight excluding hydrogens is 372 g/mol. The summed E-state index contributed by atoms with van der Waals surface area (Å²) in [5.74, 6) is 0.803. The van der Waals surface area contributed by atoms with E-state index in [0.29, 0.717) is 18.5 Å². The van der Waals surface area contributed by atoms with Crippen molar-refractivity contribution in [3.63, 3.8) is 0 Å². The zero-order valence-corrected chi connectivity index (χ0v) is 15.4. The lowest BCUT2D eigenvalue weighted by Gasteiger charge is -2.46. The van der Waals surface area contributed by atoms with Crippen LogP contribution in [0.2, 0.25) is 0 Å². The zero-order valence-electron chi connectivity index (χ0n) is 15.4. The molecule has 3 unspecified atom stereocenters. The predicted octanol–water partition coefficient (Wildman–Crippen LogP) is 2.91. The molecule has 0 bridgehead atoms. The van der Waals surface area contributed by atoms with Crippen molar-refractivity contribution in [3.05, 3.63) is 45.2 Å². The number of nitro benzene ring substituents is 1. The first-order valence-corrected chi connectivity index (χ1v) is 9.28. The van der Waals surface area contributed by atoms with E-state index >= 15 is 0 Å². The maximum atomic E-state index is 13.7. The van der Waals surface area contributed by atoms with Crippen molar-refractivity contribution in [2.45, 2.75) is 31.3 Å². The maximum Gasteiger partial charge on any atom is 0.279 e. The number of carbonyl (C=O) groups is 1. The second-order valence-electron chi connectivity index (χ2n) is 7.33. The number of hydrogen-bond acceptors (Lipinski definition) is 6. The van der Waals surface area contributed by atoms with Gasteiger partial charge in [0.2, 0.25) is 11.4 Å². The number of nitriles is 2. The summed E-state index contributed by atoms with van der Waals surface area (Å²) in [6, 6.07) is 8.37. The lowest BCUT2D eigenvalue weighted by molar-refractivity contribution is -0.386. The smallest absolute Gasteiger partial charge is 0.279 e. The van der Waals surface area contributed by atoms with E-state index in [0.717, 1.165) is 12.8 Å². The van der Waals surface area contributed by atoms with Crippen molar-refractivity contribution >= 4 is 17.3 Å². The third-order valence-corrected chi connectivity index (χ3v) is 6.08. The molecule has 3 aliphatic rings. The standard InChI is InChI=1S/C21H16N4O4/c1-2-10-24-16-8-5-9-17(25(27)28)19(16)21(20(24)26)15-7-4-3-6-13(15)14(11-22)18(12-23)29-21/h1,5,8-9,13,15H,3-4,6-7,10H2. The number of anilines is 1. The summed E-state index contributed by atoms with van der Waals surface area (Å²) in [6.07, 6.45) is 8.25. The maximum absolute atomic E-state index is 13.7. The number of allylic oxidation sites excluding steroid dienone is 2. The Morgan fingerprint density at radius 3 is 2.72 bits per heavy atom. The second-order valence-corrected chi connectivity index (χ2v) is 7.33. The van der Waals surface area contributed by atoms with Crippen LogP contribution in [-0.2, 0) is 15.1 Å². The fraction of sp³-hybridized carbons (Fsp3) is 0.381. The minimum Gasteiger partial charge on any atom is -0.461 e. The Hall–Kier alpha value is -3.83. The molecular formula is C21H16N4O4. The van der Waals surface area contributed by atoms with Crippen LogP contribution in [0.15, 0.2) is 29.5 Å². The highest BCUT2D eigenvalue weighted by molar-refractivity contribution is 6.09. The highest BCUT2D eigenvalue weighted by Gasteiger charge is 2.65. The molecule has 1 fully saturated rings. The molecule has 3 atom stereocenters. The molecule has 144 valence electrons. The van der Waals surface area contributed by atoms with E-state index in [2.05, 4.69) is 12.0 Å². The number of hydrogen-bond donors (Lipinski definition) is 0. The number of carbonyl (C=O) groups excluding carboxylic acids is 1. The van der Waals surface area contributed by atoms with Crippen LogP contribution in [0.3, 0.4) is 0 Å². The van der Waals surface area contributed by atoms with E-state index in [-0.39, 0.29) is 35.0 Å². The van der Waals surface area contributed by atoms with Gasteiger partial charge in [0, 0.05) is 17.9 Å². The van der Waals surface area contributed by atoms with Crippen molar-refractivity contribution in [3.8, 4) is 24.5 Å². The highest BCUT2D eigenvalue weighted by Crippen LogP contribution is 2.59. The monoisotopic (exact) mass is 388 g/mol. The molecule has 1 aromatic carbocycles. The van der Waals surface area contributed by atoms with E-state index in [4.69, 9.17) is 11.2 Å². The van der Waals surface area contributed by atoms with Gasteiger partial charge in [0.15, 0.2) is 0 Å². The summed E-state index contributed by atoms with van der Waals surface area (Å²) in [5, 5.41) is 31.1. The van der Waals surface area contributed by atoms with Gasteiger partial charge in [0.25, 0.3) is 11.6 Å². The number of fused-ring (bicyclic) bond motifs is 4. The lowest BCUT2D eigenvalue weighted by atomic mass is 9.63. The number of benzene rings is 1. The average molecular weight is 388 g/mol. The quantitative estimate of drug-likeness (QED) is 0.436. The van der Waals surface area contributed by atoms with Gasteiger partial charge in [-0.1, -0.05) is 24.8 Å². The fourth-order valence-electron chi connectivity index (χ4n) is 5.03. The number of amides is 1. The zero-order chi connectivity index (χ0) is 20.8. The van der Waals surface area contributed by atoms with Gasteiger partial charge in [0.05, 0.1) is 28.8 Å². The Bertz CT molecular complexity index is 1090. The van der Waals surface area contributed by atoms with Gasteiger partial charge in [-0.05, 0) is 18.9 Å². The van der Waals surface area contributed by atoms with Crippen LogP contribution >= 0.6 is 0 Å². The molecule has 2 aliphatic heterocycles. The molecule has 0 saturated heterocycles. The van der Waals surface area contributed by atoms with E-state index < -0.39 is 22.3 Å². The lowest BCUT2D eigenvalue weighted by Crippen LogP contribution is -2.53. The first kappa shape index (κ1) is 18.5. The topological polar surface area (TPSA) is 120 Å². The first-order valence-electron chi connectivity index (χ1n) is 9.28. The minimum absolute atomic E-state index is 0.0772. The third-order valence-electron chi connectivity index (χ3n) is 6.08. The molecule has 29 heavy (non-hydrogen) atoms. The van der Waals surface area contributed by atoms with Crippen molar-refractivity contribution in [1.82, 2.24) is 0 Å². The highest BCUT2D eigenvalue weighted by atomic mass is 16.6. The number of ether oxygens (including phenoxy) is 1.